The van der Waals surface area contributed by atoms with E-state index in [-0.39, 0.29) is 29.4 Å². The number of rotatable bonds is 7. The van der Waals surface area contributed by atoms with Gasteiger partial charge in [-0.25, -0.2) is 0 Å². The van der Waals surface area contributed by atoms with Crippen molar-refractivity contribution in [3.63, 3.8) is 0 Å². The lowest BCUT2D eigenvalue weighted by molar-refractivity contribution is -0.129. The van der Waals surface area contributed by atoms with Crippen LogP contribution < -0.4 is 10.1 Å². The molecule has 0 aromatic carbocycles. The number of amides is 1. The molecule has 11 heteroatoms. The fourth-order valence-electron chi connectivity index (χ4n) is 4.00. The van der Waals surface area contributed by atoms with Crippen LogP contribution in [0.1, 0.15) is 39.2 Å². The zero-order chi connectivity index (χ0) is 24.9. The number of likely N-dealkylation sites (tertiary alicyclic amines) is 1. The minimum atomic E-state index is -0.345. The maximum Gasteiger partial charge on any atom is 0.264 e. The van der Waals surface area contributed by atoms with Gasteiger partial charge in [-0.3, -0.25) is 9.48 Å². The highest BCUT2D eigenvalue weighted by Gasteiger charge is 2.28. The number of nitrogens with zero attached hydrogens (tertiary/aromatic N) is 7. The van der Waals surface area contributed by atoms with Crippen molar-refractivity contribution in [1.82, 2.24) is 29.6 Å². The summed E-state index contributed by atoms with van der Waals surface area (Å²) in [6, 6.07) is 4.16. The molecule has 11 nitrogen and oxygen atoms in total. The van der Waals surface area contributed by atoms with E-state index in [4.69, 9.17) is 4.74 Å². The lowest BCUT2D eigenvalue weighted by Gasteiger charge is -2.32. The number of hydrogen-bond acceptors (Lipinski definition) is 8. The first-order valence-corrected chi connectivity index (χ1v) is 11.6. The second kappa shape index (κ2) is 10.3. The Hall–Kier alpha value is -4.38. The van der Waals surface area contributed by atoms with E-state index in [1.165, 1.54) is 0 Å². The van der Waals surface area contributed by atoms with E-state index in [0.717, 1.165) is 18.7 Å². The molecule has 1 aliphatic rings. The first-order valence-electron chi connectivity index (χ1n) is 11.6. The second-order valence-electron chi connectivity index (χ2n) is 8.67. The third kappa shape index (κ3) is 5.25. The van der Waals surface area contributed by atoms with Crippen molar-refractivity contribution >= 4 is 28.6 Å². The van der Waals surface area contributed by atoms with Gasteiger partial charge >= 0.3 is 0 Å². The van der Waals surface area contributed by atoms with Gasteiger partial charge in [0.25, 0.3) is 5.91 Å². The number of carbonyl (C=O) groups is 1. The molecule has 0 spiro atoms. The molecule has 3 aromatic heterocycles. The van der Waals surface area contributed by atoms with E-state index >= 15 is 0 Å². The number of nitriles is 2. The topological polar surface area (TPSA) is 149 Å². The Morgan fingerprint density at radius 3 is 2.91 bits per heavy atom. The normalized spacial score (nSPS) is 16.2. The van der Waals surface area contributed by atoms with Crippen molar-refractivity contribution in [3.05, 3.63) is 35.8 Å². The first-order chi connectivity index (χ1) is 16.9. The Morgan fingerprint density at radius 1 is 1.40 bits per heavy atom. The molecule has 35 heavy (non-hydrogen) atoms. The SMILES string of the molecule is CCn1cc(Nc2nc(O[C@@H]3CCCN(C(=O)/C(C#N)=C/C(C)C)C3)c3c(C#N)c[nH]c3n2)cn1. The molecule has 0 unspecified atom stereocenters. The predicted molar refractivity (Wildman–Crippen MR) is 129 cm³/mol. The number of carbonyl (C=O) groups excluding carboxylic acids is 1. The van der Waals surface area contributed by atoms with Crippen LogP contribution >= 0.6 is 0 Å². The number of anilines is 2. The van der Waals surface area contributed by atoms with Crippen molar-refractivity contribution in [3.8, 4) is 18.0 Å². The largest absolute Gasteiger partial charge is 0.472 e. The minimum Gasteiger partial charge on any atom is -0.472 e. The van der Waals surface area contributed by atoms with Crippen molar-refractivity contribution < 1.29 is 9.53 Å². The van der Waals surface area contributed by atoms with Crippen molar-refractivity contribution in [1.29, 1.82) is 10.5 Å². The van der Waals surface area contributed by atoms with Crippen LogP contribution in [0, 0.1) is 28.6 Å². The molecule has 1 saturated heterocycles. The summed E-state index contributed by atoms with van der Waals surface area (Å²) in [5.41, 5.74) is 1.70. The van der Waals surface area contributed by atoms with Gasteiger partial charge in [-0.1, -0.05) is 19.9 Å². The number of ether oxygens (including phenoxy) is 1. The monoisotopic (exact) mass is 473 g/mol. The number of allylic oxidation sites excluding steroid dienone is 1. The third-order valence-corrected chi connectivity index (χ3v) is 5.63. The molecule has 1 atom stereocenters. The first kappa shape index (κ1) is 23.8. The zero-order valence-corrected chi connectivity index (χ0v) is 19.9. The Kier molecular flexibility index (Phi) is 6.97. The molecule has 4 rings (SSSR count). The third-order valence-electron chi connectivity index (χ3n) is 5.63. The van der Waals surface area contributed by atoms with Crippen molar-refractivity contribution in [2.24, 2.45) is 5.92 Å². The number of aryl methyl sites for hydroxylation is 1. The van der Waals surface area contributed by atoms with Crippen LogP contribution in [0.5, 0.6) is 5.88 Å². The zero-order valence-electron chi connectivity index (χ0n) is 19.9. The van der Waals surface area contributed by atoms with Gasteiger partial charge in [0.15, 0.2) is 0 Å². The fraction of sp³-hybridized carbons (Fsp3) is 0.417. The van der Waals surface area contributed by atoms with Gasteiger partial charge in [0.1, 0.15) is 29.5 Å². The molecule has 0 saturated carbocycles. The van der Waals surface area contributed by atoms with E-state index in [0.29, 0.717) is 42.1 Å². The Bertz CT molecular complexity index is 1340. The number of nitrogens with one attached hydrogen (secondary N) is 2. The molecule has 2 N–H and O–H groups in total. The highest BCUT2D eigenvalue weighted by Crippen LogP contribution is 2.30. The quantitative estimate of drug-likeness (QED) is 0.392. The molecular formula is C24H27N9O2. The highest BCUT2D eigenvalue weighted by molar-refractivity contribution is 5.97. The lowest BCUT2D eigenvalue weighted by atomic mass is 10.0. The van der Waals surface area contributed by atoms with Crippen LogP contribution in [0.4, 0.5) is 11.6 Å². The van der Waals surface area contributed by atoms with Crippen molar-refractivity contribution in [2.45, 2.75) is 46.3 Å². The van der Waals surface area contributed by atoms with Crippen LogP contribution in [-0.2, 0) is 11.3 Å². The molecular weight excluding hydrogens is 446 g/mol. The van der Waals surface area contributed by atoms with Gasteiger partial charge < -0.3 is 19.9 Å². The Morgan fingerprint density at radius 2 is 2.23 bits per heavy atom. The fourth-order valence-corrected chi connectivity index (χ4v) is 4.00. The Balaban J connectivity index is 1.59. The summed E-state index contributed by atoms with van der Waals surface area (Å²) in [7, 11) is 0. The van der Waals surface area contributed by atoms with Gasteiger partial charge in [0, 0.05) is 25.5 Å². The smallest absolute Gasteiger partial charge is 0.264 e. The molecule has 0 bridgehead atoms. The molecule has 1 aliphatic heterocycles. The number of fused-ring (bicyclic) bond motifs is 1. The van der Waals surface area contributed by atoms with Gasteiger partial charge in [0.2, 0.25) is 11.8 Å². The van der Waals surface area contributed by atoms with Crippen molar-refractivity contribution in [2.75, 3.05) is 18.4 Å². The van der Waals surface area contributed by atoms with Gasteiger partial charge in [-0.05, 0) is 25.7 Å². The van der Waals surface area contributed by atoms with Crippen LogP contribution in [0.15, 0.2) is 30.2 Å². The standard InChI is InChI=1S/C24H27N9O2/c1-4-33-13-18(12-28-33)29-24-30-21-20(17(10-26)11-27-21)22(31-24)35-19-6-5-7-32(14-19)23(34)16(9-25)8-15(2)3/h8,11-13,15,19H,4-7,14H2,1-3H3,(H2,27,29,30,31)/b16-8+/t19-/m1/s1. The van der Waals surface area contributed by atoms with Gasteiger partial charge in [-0.2, -0.15) is 25.6 Å². The van der Waals surface area contributed by atoms with Crippen LogP contribution in [0.3, 0.4) is 0 Å². The van der Waals surface area contributed by atoms with Crippen LogP contribution in [0.2, 0.25) is 0 Å². The molecule has 4 heterocycles. The van der Waals surface area contributed by atoms with E-state index in [9.17, 15) is 15.3 Å². The second-order valence-corrected chi connectivity index (χ2v) is 8.67. The molecule has 3 aromatic rings. The van der Waals surface area contributed by atoms with E-state index in [2.05, 4.69) is 31.4 Å². The number of H-pyrrole nitrogens is 1. The summed E-state index contributed by atoms with van der Waals surface area (Å²) in [5, 5.41) is 26.9. The number of piperidine rings is 1. The van der Waals surface area contributed by atoms with Gasteiger partial charge in [-0.15, -0.1) is 0 Å². The summed E-state index contributed by atoms with van der Waals surface area (Å²) in [6.07, 6.45) is 7.85. The summed E-state index contributed by atoms with van der Waals surface area (Å²) >= 11 is 0. The highest BCUT2D eigenvalue weighted by atomic mass is 16.5. The van der Waals surface area contributed by atoms with Gasteiger partial charge in [0.05, 0.1) is 29.4 Å². The summed E-state index contributed by atoms with van der Waals surface area (Å²) in [5.74, 6) is 0.352. The van der Waals surface area contributed by atoms with E-state index in [1.54, 1.807) is 28.1 Å². The molecule has 180 valence electrons. The average molecular weight is 474 g/mol. The molecule has 0 radical (unpaired) electrons. The number of hydrogen-bond donors (Lipinski definition) is 2. The average Bonchev–Trinajstić information content (AvgIpc) is 3.48. The lowest BCUT2D eigenvalue weighted by Crippen LogP contribution is -2.45. The minimum absolute atomic E-state index is 0.0908. The van der Waals surface area contributed by atoms with E-state index in [1.807, 2.05) is 33.0 Å². The van der Waals surface area contributed by atoms with E-state index < -0.39 is 0 Å². The summed E-state index contributed by atoms with van der Waals surface area (Å²) in [4.78, 5) is 26.6. The number of aromatic nitrogens is 5. The molecule has 0 aliphatic carbocycles. The Labute approximate surface area is 203 Å². The summed E-state index contributed by atoms with van der Waals surface area (Å²) < 4.78 is 8.05. The predicted octanol–water partition coefficient (Wildman–Crippen LogP) is 3.27. The van der Waals surface area contributed by atoms with Crippen LogP contribution in [-0.4, -0.2) is 54.7 Å². The molecule has 1 amide bonds. The number of aromatic amines is 1. The van der Waals surface area contributed by atoms with Crippen LogP contribution in [0.25, 0.3) is 11.0 Å². The molecule has 1 fully saturated rings. The maximum atomic E-state index is 12.9. The summed E-state index contributed by atoms with van der Waals surface area (Å²) in [6.45, 7) is 7.45. The maximum absolute atomic E-state index is 12.9.